The van der Waals surface area contributed by atoms with Crippen molar-refractivity contribution in [3.8, 4) is 0 Å². The van der Waals surface area contributed by atoms with Gasteiger partial charge in [-0.25, -0.2) is 0 Å². The van der Waals surface area contributed by atoms with Crippen molar-refractivity contribution in [3.05, 3.63) is 28.7 Å². The number of hydrogen-bond donors (Lipinski definition) is 1. The first-order valence-electron chi connectivity index (χ1n) is 7.69. The molecule has 0 aromatic carbocycles. The molecule has 0 bridgehead atoms. The maximum atomic E-state index is 4.34. The molecule has 4 heterocycles. The monoisotopic (exact) mass is 320 g/mol. The average Bonchev–Trinajstić information content (AvgIpc) is 3.14. The minimum atomic E-state index is 0.503. The molecule has 1 N–H and O–H groups in total. The number of thiophene rings is 1. The quantitative estimate of drug-likeness (QED) is 0.940. The molecule has 2 aliphatic heterocycles. The van der Waals surface area contributed by atoms with E-state index in [-0.39, 0.29) is 0 Å². The highest BCUT2D eigenvalue weighted by Gasteiger charge is 2.26. The Hall–Kier alpha value is -0.850. The van der Waals surface area contributed by atoms with Crippen LogP contribution in [-0.2, 0) is 19.4 Å². The van der Waals surface area contributed by atoms with E-state index in [1.807, 2.05) is 23.1 Å². The summed E-state index contributed by atoms with van der Waals surface area (Å²) in [5.74, 6) is 2.33. The Morgan fingerprint density at radius 3 is 3.33 bits per heavy atom. The SMILES string of the molecule is C[C@H]1CC(NCCc2nnc3n2CCC3)c2ccsc2S1. The molecule has 1 unspecified atom stereocenters. The molecule has 0 spiro atoms. The summed E-state index contributed by atoms with van der Waals surface area (Å²) in [5, 5.41) is 15.3. The van der Waals surface area contributed by atoms with Crippen LogP contribution in [0.15, 0.2) is 15.7 Å². The van der Waals surface area contributed by atoms with Crippen LogP contribution < -0.4 is 5.32 Å². The van der Waals surface area contributed by atoms with E-state index in [0.29, 0.717) is 11.3 Å². The molecule has 2 aromatic heterocycles. The van der Waals surface area contributed by atoms with Crippen molar-refractivity contribution in [2.45, 2.75) is 54.7 Å². The molecule has 6 heteroatoms. The second-order valence-electron chi connectivity index (χ2n) is 5.87. The topological polar surface area (TPSA) is 42.7 Å². The Morgan fingerprint density at radius 2 is 2.38 bits per heavy atom. The maximum absolute atomic E-state index is 4.34. The summed E-state index contributed by atoms with van der Waals surface area (Å²) in [6.45, 7) is 4.41. The lowest BCUT2D eigenvalue weighted by molar-refractivity contribution is 0.485. The van der Waals surface area contributed by atoms with Crippen LogP contribution in [0, 0.1) is 0 Å². The van der Waals surface area contributed by atoms with Gasteiger partial charge in [0.1, 0.15) is 11.6 Å². The Bertz CT molecular complexity index is 633. The summed E-state index contributed by atoms with van der Waals surface area (Å²) in [5.41, 5.74) is 1.49. The summed E-state index contributed by atoms with van der Waals surface area (Å²) >= 11 is 3.90. The lowest BCUT2D eigenvalue weighted by Gasteiger charge is -2.27. The third-order valence-corrected chi connectivity index (χ3v) is 6.68. The Balaban J connectivity index is 1.39. The van der Waals surface area contributed by atoms with Gasteiger partial charge in [0, 0.05) is 37.2 Å². The summed E-state index contributed by atoms with van der Waals surface area (Å²) in [6, 6.07) is 2.79. The van der Waals surface area contributed by atoms with Crippen molar-refractivity contribution >= 4 is 23.1 Å². The van der Waals surface area contributed by atoms with Gasteiger partial charge in [-0.2, -0.15) is 0 Å². The van der Waals surface area contributed by atoms with E-state index in [9.17, 15) is 0 Å². The van der Waals surface area contributed by atoms with Crippen LogP contribution in [0.1, 0.15) is 43.0 Å². The van der Waals surface area contributed by atoms with Crippen molar-refractivity contribution in [3.63, 3.8) is 0 Å². The van der Waals surface area contributed by atoms with E-state index in [1.165, 1.54) is 28.4 Å². The first-order valence-corrected chi connectivity index (χ1v) is 9.45. The predicted molar refractivity (Wildman–Crippen MR) is 87.0 cm³/mol. The highest BCUT2D eigenvalue weighted by Crippen LogP contribution is 2.43. The molecule has 0 radical (unpaired) electrons. The number of aryl methyl sites for hydroxylation is 1. The molecule has 0 amide bonds. The maximum Gasteiger partial charge on any atom is 0.134 e. The van der Waals surface area contributed by atoms with Crippen molar-refractivity contribution in [2.24, 2.45) is 0 Å². The summed E-state index contributed by atoms with van der Waals surface area (Å²) in [6.07, 6.45) is 4.51. The van der Waals surface area contributed by atoms with Gasteiger partial charge in [-0.15, -0.1) is 33.3 Å². The number of fused-ring (bicyclic) bond motifs is 2. The summed E-state index contributed by atoms with van der Waals surface area (Å²) in [7, 11) is 0. The second-order valence-corrected chi connectivity index (χ2v) is 8.50. The van der Waals surface area contributed by atoms with Crippen molar-refractivity contribution < 1.29 is 0 Å². The fourth-order valence-electron chi connectivity index (χ4n) is 3.30. The van der Waals surface area contributed by atoms with E-state index < -0.39 is 0 Å². The van der Waals surface area contributed by atoms with Gasteiger partial charge < -0.3 is 9.88 Å². The van der Waals surface area contributed by atoms with Gasteiger partial charge in [-0.3, -0.25) is 0 Å². The highest BCUT2D eigenvalue weighted by atomic mass is 32.2. The molecular formula is C15H20N4S2. The Labute approximate surface area is 133 Å². The number of nitrogens with zero attached hydrogens (tertiary/aromatic N) is 3. The average molecular weight is 320 g/mol. The molecule has 2 aliphatic rings. The molecular weight excluding hydrogens is 300 g/mol. The molecule has 0 fully saturated rings. The van der Waals surface area contributed by atoms with E-state index in [2.05, 4.69) is 38.5 Å². The summed E-state index contributed by atoms with van der Waals surface area (Å²) in [4.78, 5) is 0. The highest BCUT2D eigenvalue weighted by molar-refractivity contribution is 8.01. The van der Waals surface area contributed by atoms with Crippen molar-refractivity contribution in [1.29, 1.82) is 0 Å². The zero-order valence-corrected chi connectivity index (χ0v) is 13.8. The molecule has 4 nitrogen and oxygen atoms in total. The first kappa shape index (κ1) is 13.8. The van der Waals surface area contributed by atoms with Gasteiger partial charge in [-0.05, 0) is 29.9 Å². The number of nitrogens with one attached hydrogen (secondary N) is 1. The van der Waals surface area contributed by atoms with Crippen LogP contribution >= 0.6 is 23.1 Å². The lowest BCUT2D eigenvalue weighted by Crippen LogP contribution is -2.28. The molecule has 2 aromatic rings. The van der Waals surface area contributed by atoms with Gasteiger partial charge in [0.15, 0.2) is 0 Å². The van der Waals surface area contributed by atoms with Crippen LogP contribution in [-0.4, -0.2) is 26.6 Å². The smallest absolute Gasteiger partial charge is 0.134 e. The Morgan fingerprint density at radius 1 is 1.43 bits per heavy atom. The number of thioether (sulfide) groups is 1. The predicted octanol–water partition coefficient (Wildman–Crippen LogP) is 3.04. The van der Waals surface area contributed by atoms with Crippen molar-refractivity contribution in [2.75, 3.05) is 6.54 Å². The molecule has 0 saturated carbocycles. The van der Waals surface area contributed by atoms with Crippen LogP contribution in [0.25, 0.3) is 0 Å². The normalized spacial score (nSPS) is 24.0. The fraction of sp³-hybridized carbons (Fsp3) is 0.600. The van der Waals surface area contributed by atoms with E-state index in [1.54, 1.807) is 0 Å². The number of hydrogen-bond acceptors (Lipinski definition) is 5. The van der Waals surface area contributed by atoms with Crippen LogP contribution in [0.3, 0.4) is 0 Å². The minimum Gasteiger partial charge on any atom is -0.315 e. The van der Waals surface area contributed by atoms with Gasteiger partial charge in [0.2, 0.25) is 0 Å². The molecule has 0 saturated heterocycles. The zero-order valence-electron chi connectivity index (χ0n) is 12.2. The van der Waals surface area contributed by atoms with Gasteiger partial charge in [0.05, 0.1) is 4.21 Å². The first-order chi connectivity index (χ1) is 10.3. The molecule has 112 valence electrons. The number of aromatic nitrogens is 3. The third kappa shape index (κ3) is 2.64. The lowest BCUT2D eigenvalue weighted by atomic mass is 10.0. The molecule has 2 atom stereocenters. The number of rotatable bonds is 4. The van der Waals surface area contributed by atoms with Gasteiger partial charge >= 0.3 is 0 Å². The van der Waals surface area contributed by atoms with Crippen LogP contribution in [0.4, 0.5) is 0 Å². The Kier molecular flexibility index (Phi) is 3.77. The second kappa shape index (κ2) is 5.74. The largest absolute Gasteiger partial charge is 0.315 e. The van der Waals surface area contributed by atoms with E-state index in [0.717, 1.165) is 31.8 Å². The zero-order chi connectivity index (χ0) is 14.2. The van der Waals surface area contributed by atoms with Crippen LogP contribution in [0.2, 0.25) is 0 Å². The van der Waals surface area contributed by atoms with E-state index in [4.69, 9.17) is 0 Å². The standard InChI is InChI=1S/C15H20N4S2/c1-10-9-12(11-5-8-20-15(11)21-10)16-6-4-14-18-17-13-3-2-7-19(13)14/h5,8,10,12,16H,2-4,6-7,9H2,1H3/t10-,12?/m0/s1. The third-order valence-electron chi connectivity index (χ3n) is 4.34. The van der Waals surface area contributed by atoms with Crippen molar-refractivity contribution in [1.82, 2.24) is 20.1 Å². The fourth-order valence-corrected chi connectivity index (χ4v) is 5.86. The van der Waals surface area contributed by atoms with E-state index >= 15 is 0 Å². The van der Waals surface area contributed by atoms with Gasteiger partial charge in [-0.1, -0.05) is 6.92 Å². The van der Waals surface area contributed by atoms with Crippen LogP contribution in [0.5, 0.6) is 0 Å². The molecule has 21 heavy (non-hydrogen) atoms. The minimum absolute atomic E-state index is 0.503. The molecule has 4 rings (SSSR count). The summed E-state index contributed by atoms with van der Waals surface area (Å²) < 4.78 is 3.80. The molecule has 0 aliphatic carbocycles. The van der Waals surface area contributed by atoms with Gasteiger partial charge in [0.25, 0.3) is 0 Å².